The molecule has 0 aliphatic rings. The van der Waals surface area contributed by atoms with Gasteiger partial charge in [-0.05, 0) is 18.6 Å². The van der Waals surface area contributed by atoms with Gasteiger partial charge in [0.25, 0.3) is 0 Å². The van der Waals surface area contributed by atoms with Crippen molar-refractivity contribution in [2.24, 2.45) is 5.10 Å². The highest BCUT2D eigenvalue weighted by Gasteiger charge is 2.03. The van der Waals surface area contributed by atoms with Crippen LogP contribution in [0.25, 0.3) is 0 Å². The van der Waals surface area contributed by atoms with E-state index in [1.54, 1.807) is 18.2 Å². The molecule has 3 nitrogen and oxygen atoms in total. The summed E-state index contributed by atoms with van der Waals surface area (Å²) in [6, 6.07) is 5.23. The molecule has 0 saturated heterocycles. The predicted molar refractivity (Wildman–Crippen MR) is 94.8 cm³/mol. The lowest BCUT2D eigenvalue weighted by Crippen LogP contribution is -2.16. The number of rotatable bonds is 10. The standard InChI is InChI=1S/C17H24Cl2N2O/c1-2-3-4-5-6-7-8-12-17(22)21-20-13-14-15(18)10-9-11-16(14)19/h9-11,13H,2-8,12H2,1H3,(H,21,22). The molecule has 0 fully saturated rings. The number of unbranched alkanes of at least 4 members (excludes halogenated alkanes) is 6. The summed E-state index contributed by atoms with van der Waals surface area (Å²) in [5.74, 6) is -0.0759. The molecule has 22 heavy (non-hydrogen) atoms. The number of hydrazone groups is 1. The van der Waals surface area contributed by atoms with E-state index >= 15 is 0 Å². The minimum Gasteiger partial charge on any atom is -0.273 e. The van der Waals surface area contributed by atoms with E-state index in [0.717, 1.165) is 12.8 Å². The van der Waals surface area contributed by atoms with Crippen molar-refractivity contribution in [1.82, 2.24) is 5.43 Å². The van der Waals surface area contributed by atoms with Gasteiger partial charge in [0.1, 0.15) is 0 Å². The summed E-state index contributed by atoms with van der Waals surface area (Å²) in [6.45, 7) is 2.21. The molecule has 0 bridgehead atoms. The Bertz CT molecular complexity index is 469. The minimum atomic E-state index is -0.0759. The molecule has 0 spiro atoms. The molecule has 1 aromatic carbocycles. The fraction of sp³-hybridized carbons (Fsp3) is 0.529. The number of benzene rings is 1. The molecule has 1 N–H and O–H groups in total. The molecule has 0 aromatic heterocycles. The smallest absolute Gasteiger partial charge is 0.240 e. The first-order valence-corrected chi connectivity index (χ1v) is 8.66. The van der Waals surface area contributed by atoms with Crippen LogP contribution in [0.3, 0.4) is 0 Å². The van der Waals surface area contributed by atoms with Crippen LogP contribution in [-0.2, 0) is 4.79 Å². The molecular formula is C17H24Cl2N2O. The molecule has 5 heteroatoms. The largest absolute Gasteiger partial charge is 0.273 e. The normalized spacial score (nSPS) is 11.0. The second kappa shape index (κ2) is 11.5. The highest BCUT2D eigenvalue weighted by molar-refractivity contribution is 6.38. The van der Waals surface area contributed by atoms with Gasteiger partial charge in [0.2, 0.25) is 5.91 Å². The van der Waals surface area contributed by atoms with Crippen molar-refractivity contribution in [2.75, 3.05) is 0 Å². The second-order valence-corrected chi connectivity index (χ2v) is 6.11. The highest BCUT2D eigenvalue weighted by Crippen LogP contribution is 2.21. The first kappa shape index (κ1) is 19.0. The molecule has 1 rings (SSSR count). The Morgan fingerprint density at radius 2 is 1.68 bits per heavy atom. The average molecular weight is 343 g/mol. The van der Waals surface area contributed by atoms with Gasteiger partial charge in [0.05, 0.1) is 16.3 Å². The van der Waals surface area contributed by atoms with Gasteiger partial charge < -0.3 is 0 Å². The maximum Gasteiger partial charge on any atom is 0.240 e. The van der Waals surface area contributed by atoms with E-state index in [1.165, 1.54) is 38.3 Å². The Morgan fingerprint density at radius 1 is 1.09 bits per heavy atom. The quantitative estimate of drug-likeness (QED) is 0.336. The van der Waals surface area contributed by atoms with E-state index in [-0.39, 0.29) is 5.91 Å². The zero-order valence-electron chi connectivity index (χ0n) is 13.1. The molecule has 0 saturated carbocycles. The van der Waals surface area contributed by atoms with Gasteiger partial charge in [0, 0.05) is 12.0 Å². The molecule has 1 amide bonds. The number of halogens is 2. The van der Waals surface area contributed by atoms with E-state index in [1.807, 2.05) is 0 Å². The summed E-state index contributed by atoms with van der Waals surface area (Å²) in [5, 5.41) is 4.93. The Kier molecular flexibility index (Phi) is 9.93. The van der Waals surface area contributed by atoms with Gasteiger partial charge in [0.15, 0.2) is 0 Å². The summed E-state index contributed by atoms with van der Waals surface area (Å²) >= 11 is 12.0. The molecule has 0 heterocycles. The maximum atomic E-state index is 11.6. The summed E-state index contributed by atoms with van der Waals surface area (Å²) < 4.78 is 0. The van der Waals surface area contributed by atoms with Crippen molar-refractivity contribution in [1.29, 1.82) is 0 Å². The van der Waals surface area contributed by atoms with Crippen molar-refractivity contribution < 1.29 is 4.79 Å². The maximum absolute atomic E-state index is 11.6. The number of carbonyl (C=O) groups excluding carboxylic acids is 1. The molecule has 0 atom stereocenters. The zero-order chi connectivity index (χ0) is 16.2. The third-order valence-electron chi connectivity index (χ3n) is 3.39. The van der Waals surface area contributed by atoms with Gasteiger partial charge in [-0.15, -0.1) is 0 Å². The van der Waals surface area contributed by atoms with Crippen molar-refractivity contribution >= 4 is 35.3 Å². The SMILES string of the molecule is CCCCCCCCCC(=O)NN=Cc1c(Cl)cccc1Cl. The topological polar surface area (TPSA) is 41.5 Å². The van der Waals surface area contributed by atoms with E-state index in [0.29, 0.717) is 22.0 Å². The number of carbonyl (C=O) groups is 1. The molecule has 1 aromatic rings. The summed E-state index contributed by atoms with van der Waals surface area (Å²) in [6.07, 6.45) is 10.3. The Hall–Kier alpha value is -1.06. The third kappa shape index (κ3) is 7.81. The van der Waals surface area contributed by atoms with Crippen molar-refractivity contribution in [3.05, 3.63) is 33.8 Å². The van der Waals surface area contributed by atoms with Crippen molar-refractivity contribution in [2.45, 2.75) is 58.3 Å². The molecule has 122 valence electrons. The zero-order valence-corrected chi connectivity index (χ0v) is 14.6. The number of hydrogen-bond acceptors (Lipinski definition) is 2. The Morgan fingerprint density at radius 3 is 2.32 bits per heavy atom. The van der Waals surface area contributed by atoms with E-state index in [4.69, 9.17) is 23.2 Å². The lowest BCUT2D eigenvalue weighted by atomic mass is 10.1. The number of amides is 1. The van der Waals surface area contributed by atoms with Gasteiger partial charge in [-0.2, -0.15) is 5.10 Å². The summed E-state index contributed by atoms with van der Waals surface area (Å²) in [5.41, 5.74) is 3.12. The van der Waals surface area contributed by atoms with Gasteiger partial charge in [-0.3, -0.25) is 4.79 Å². The molecule has 0 aliphatic heterocycles. The fourth-order valence-electron chi connectivity index (χ4n) is 2.10. The van der Waals surface area contributed by atoms with E-state index < -0.39 is 0 Å². The predicted octanol–water partition coefficient (Wildman–Crippen LogP) is 5.58. The van der Waals surface area contributed by atoms with Crippen molar-refractivity contribution in [3.8, 4) is 0 Å². The number of nitrogens with one attached hydrogen (secondary N) is 1. The van der Waals surface area contributed by atoms with Crippen LogP contribution in [0.4, 0.5) is 0 Å². The van der Waals surface area contributed by atoms with Crippen LogP contribution in [0.15, 0.2) is 23.3 Å². The van der Waals surface area contributed by atoms with Gasteiger partial charge >= 0.3 is 0 Å². The first-order chi connectivity index (χ1) is 10.6. The number of hydrogen-bond donors (Lipinski definition) is 1. The lowest BCUT2D eigenvalue weighted by Gasteiger charge is -2.02. The molecule has 0 aliphatic carbocycles. The van der Waals surface area contributed by atoms with Crippen LogP contribution in [-0.4, -0.2) is 12.1 Å². The van der Waals surface area contributed by atoms with Gasteiger partial charge in [-0.1, -0.05) is 74.7 Å². The summed E-state index contributed by atoms with van der Waals surface area (Å²) in [4.78, 5) is 11.6. The Labute approximate surface area is 143 Å². The highest BCUT2D eigenvalue weighted by atomic mass is 35.5. The molecule has 0 unspecified atom stereocenters. The molecular weight excluding hydrogens is 319 g/mol. The van der Waals surface area contributed by atoms with Crippen LogP contribution in [0.5, 0.6) is 0 Å². The molecule has 0 radical (unpaired) electrons. The minimum absolute atomic E-state index is 0.0759. The Balaban J connectivity index is 2.19. The fourth-order valence-corrected chi connectivity index (χ4v) is 2.60. The third-order valence-corrected chi connectivity index (χ3v) is 4.05. The lowest BCUT2D eigenvalue weighted by molar-refractivity contribution is -0.121. The van der Waals surface area contributed by atoms with Crippen LogP contribution >= 0.6 is 23.2 Å². The van der Waals surface area contributed by atoms with E-state index in [9.17, 15) is 4.79 Å². The summed E-state index contributed by atoms with van der Waals surface area (Å²) in [7, 11) is 0. The van der Waals surface area contributed by atoms with Crippen molar-refractivity contribution in [3.63, 3.8) is 0 Å². The second-order valence-electron chi connectivity index (χ2n) is 5.30. The van der Waals surface area contributed by atoms with Gasteiger partial charge in [-0.25, -0.2) is 5.43 Å². The van der Waals surface area contributed by atoms with Crippen LogP contribution in [0, 0.1) is 0 Å². The average Bonchev–Trinajstić information content (AvgIpc) is 2.49. The number of nitrogens with zero attached hydrogens (tertiary/aromatic N) is 1. The van der Waals surface area contributed by atoms with Crippen LogP contribution < -0.4 is 5.43 Å². The van der Waals surface area contributed by atoms with Crippen LogP contribution in [0.2, 0.25) is 10.0 Å². The monoisotopic (exact) mass is 342 g/mol. The van der Waals surface area contributed by atoms with Crippen LogP contribution in [0.1, 0.15) is 63.9 Å². The van der Waals surface area contributed by atoms with E-state index in [2.05, 4.69) is 17.5 Å². The first-order valence-electron chi connectivity index (χ1n) is 7.91.